The van der Waals surface area contributed by atoms with Crippen molar-refractivity contribution in [1.82, 2.24) is 4.90 Å². The van der Waals surface area contributed by atoms with E-state index in [1.165, 1.54) is 12.8 Å². The summed E-state index contributed by atoms with van der Waals surface area (Å²) in [5.41, 5.74) is 0.298. The van der Waals surface area contributed by atoms with E-state index in [1.807, 2.05) is 0 Å². The SMILES string of the molecule is CO[C@@H]1CN(CC2(COC(C)C)CC2)C[C@@H]1F. The van der Waals surface area contributed by atoms with Crippen LogP contribution in [0.25, 0.3) is 0 Å². The highest BCUT2D eigenvalue weighted by Gasteiger charge is 2.46. The number of nitrogens with zero attached hydrogens (tertiary/aromatic N) is 1. The van der Waals surface area contributed by atoms with Crippen LogP contribution in [0.1, 0.15) is 26.7 Å². The van der Waals surface area contributed by atoms with Crippen molar-refractivity contribution in [2.45, 2.75) is 45.1 Å². The van der Waals surface area contributed by atoms with Gasteiger partial charge in [0.2, 0.25) is 0 Å². The smallest absolute Gasteiger partial charge is 0.140 e. The number of methoxy groups -OCH3 is 1. The van der Waals surface area contributed by atoms with Crippen LogP contribution < -0.4 is 0 Å². The Hall–Kier alpha value is -0.190. The Morgan fingerprint density at radius 3 is 2.53 bits per heavy atom. The van der Waals surface area contributed by atoms with Crippen LogP contribution in [0.2, 0.25) is 0 Å². The number of halogens is 1. The molecule has 4 heteroatoms. The highest BCUT2D eigenvalue weighted by Crippen LogP contribution is 2.47. The molecule has 0 radical (unpaired) electrons. The number of hydrogen-bond donors (Lipinski definition) is 0. The van der Waals surface area contributed by atoms with Crippen molar-refractivity contribution in [3.8, 4) is 0 Å². The van der Waals surface area contributed by atoms with Crippen LogP contribution in [0.15, 0.2) is 0 Å². The van der Waals surface area contributed by atoms with Gasteiger partial charge in [-0.2, -0.15) is 0 Å². The zero-order valence-corrected chi connectivity index (χ0v) is 11.1. The lowest BCUT2D eigenvalue weighted by Gasteiger charge is -2.23. The fraction of sp³-hybridized carbons (Fsp3) is 1.00. The zero-order valence-electron chi connectivity index (χ0n) is 11.1. The molecule has 3 nitrogen and oxygen atoms in total. The fourth-order valence-corrected chi connectivity index (χ4v) is 2.50. The highest BCUT2D eigenvalue weighted by molar-refractivity contribution is 4.98. The Bertz CT molecular complexity index is 256. The molecule has 0 N–H and O–H groups in total. The molecule has 0 bridgehead atoms. The second-order valence-electron chi connectivity index (χ2n) is 5.84. The zero-order chi connectivity index (χ0) is 12.5. The number of hydrogen-bond acceptors (Lipinski definition) is 3. The van der Waals surface area contributed by atoms with Gasteiger partial charge in [-0.15, -0.1) is 0 Å². The van der Waals surface area contributed by atoms with Gasteiger partial charge in [0, 0.05) is 32.2 Å². The highest BCUT2D eigenvalue weighted by atomic mass is 19.1. The van der Waals surface area contributed by atoms with E-state index in [0.717, 1.165) is 19.7 Å². The van der Waals surface area contributed by atoms with Gasteiger partial charge in [0.1, 0.15) is 12.3 Å². The van der Waals surface area contributed by atoms with Crippen LogP contribution in [0.4, 0.5) is 4.39 Å². The van der Waals surface area contributed by atoms with Crippen molar-refractivity contribution in [3.05, 3.63) is 0 Å². The fourth-order valence-electron chi connectivity index (χ4n) is 2.50. The molecule has 2 rings (SSSR count). The first-order valence-electron chi connectivity index (χ1n) is 6.55. The average molecular weight is 245 g/mol. The molecular formula is C13H24FNO2. The molecule has 0 amide bonds. The van der Waals surface area contributed by atoms with E-state index in [1.54, 1.807) is 7.11 Å². The summed E-state index contributed by atoms with van der Waals surface area (Å²) >= 11 is 0. The minimum absolute atomic E-state index is 0.239. The Morgan fingerprint density at radius 1 is 1.35 bits per heavy atom. The van der Waals surface area contributed by atoms with Crippen LogP contribution >= 0.6 is 0 Å². The summed E-state index contributed by atoms with van der Waals surface area (Å²) in [6.45, 7) is 7.13. The maximum Gasteiger partial charge on any atom is 0.140 e. The van der Waals surface area contributed by atoms with Crippen LogP contribution in [0.5, 0.6) is 0 Å². The van der Waals surface area contributed by atoms with E-state index in [4.69, 9.17) is 9.47 Å². The molecule has 1 saturated heterocycles. The summed E-state index contributed by atoms with van der Waals surface area (Å²) in [4.78, 5) is 2.19. The van der Waals surface area contributed by atoms with Crippen molar-refractivity contribution < 1.29 is 13.9 Å². The third-order valence-electron chi connectivity index (χ3n) is 3.82. The molecule has 2 aliphatic rings. The largest absolute Gasteiger partial charge is 0.378 e. The van der Waals surface area contributed by atoms with Gasteiger partial charge in [-0.05, 0) is 26.7 Å². The molecule has 2 fully saturated rings. The lowest BCUT2D eigenvalue weighted by molar-refractivity contribution is 0.0307. The predicted octanol–water partition coefficient (Wildman–Crippen LogP) is 1.86. The molecule has 2 atom stereocenters. The summed E-state index contributed by atoms with van der Waals surface area (Å²) in [6, 6.07) is 0. The van der Waals surface area contributed by atoms with E-state index in [2.05, 4.69) is 18.7 Å². The first-order chi connectivity index (χ1) is 8.04. The van der Waals surface area contributed by atoms with Crippen molar-refractivity contribution in [1.29, 1.82) is 0 Å². The summed E-state index contributed by atoms with van der Waals surface area (Å²) in [6.07, 6.45) is 1.64. The van der Waals surface area contributed by atoms with E-state index in [9.17, 15) is 4.39 Å². The predicted molar refractivity (Wildman–Crippen MR) is 64.9 cm³/mol. The Morgan fingerprint density at radius 2 is 2.06 bits per heavy atom. The van der Waals surface area contributed by atoms with Crippen molar-refractivity contribution in [2.75, 3.05) is 33.4 Å². The summed E-state index contributed by atoms with van der Waals surface area (Å²) < 4.78 is 24.4. The number of ether oxygens (including phenoxy) is 2. The first kappa shape index (κ1) is 13.2. The molecule has 0 aromatic rings. The average Bonchev–Trinajstić information content (AvgIpc) is 2.94. The van der Waals surface area contributed by atoms with Crippen LogP contribution in [0, 0.1) is 5.41 Å². The van der Waals surface area contributed by atoms with Gasteiger partial charge in [0.05, 0.1) is 12.7 Å². The van der Waals surface area contributed by atoms with Crippen LogP contribution in [0.3, 0.4) is 0 Å². The van der Waals surface area contributed by atoms with Gasteiger partial charge in [-0.1, -0.05) is 0 Å². The molecule has 100 valence electrons. The van der Waals surface area contributed by atoms with Crippen molar-refractivity contribution >= 4 is 0 Å². The standard InChI is InChI=1S/C13H24FNO2/c1-10(2)17-9-13(4-5-13)8-15-6-11(14)12(7-15)16-3/h10-12H,4-9H2,1-3H3/t11-,12+/m0/s1. The lowest BCUT2D eigenvalue weighted by Crippen LogP contribution is -2.32. The Balaban J connectivity index is 1.77. The van der Waals surface area contributed by atoms with Crippen molar-refractivity contribution in [2.24, 2.45) is 5.41 Å². The van der Waals surface area contributed by atoms with E-state index in [-0.39, 0.29) is 12.2 Å². The first-order valence-corrected chi connectivity index (χ1v) is 6.55. The topological polar surface area (TPSA) is 21.7 Å². The molecular weight excluding hydrogens is 221 g/mol. The van der Waals surface area contributed by atoms with Gasteiger partial charge in [-0.25, -0.2) is 4.39 Å². The molecule has 0 unspecified atom stereocenters. The minimum atomic E-state index is -0.832. The van der Waals surface area contributed by atoms with E-state index in [0.29, 0.717) is 12.0 Å². The number of alkyl halides is 1. The van der Waals surface area contributed by atoms with Gasteiger partial charge < -0.3 is 9.47 Å². The third kappa shape index (κ3) is 3.39. The molecule has 0 aromatic heterocycles. The quantitative estimate of drug-likeness (QED) is 0.713. The maximum atomic E-state index is 13.6. The molecule has 1 aliphatic heterocycles. The number of likely N-dealkylation sites (tertiary alicyclic amines) is 1. The molecule has 0 aromatic carbocycles. The second-order valence-corrected chi connectivity index (χ2v) is 5.84. The van der Waals surface area contributed by atoms with E-state index >= 15 is 0 Å². The monoisotopic (exact) mass is 245 g/mol. The Kier molecular flexibility index (Phi) is 4.06. The third-order valence-corrected chi connectivity index (χ3v) is 3.82. The minimum Gasteiger partial charge on any atom is -0.378 e. The molecule has 1 aliphatic carbocycles. The number of rotatable bonds is 6. The van der Waals surface area contributed by atoms with Crippen LogP contribution in [-0.2, 0) is 9.47 Å². The maximum absolute atomic E-state index is 13.6. The van der Waals surface area contributed by atoms with Crippen LogP contribution in [-0.4, -0.2) is 56.6 Å². The normalized spacial score (nSPS) is 32.3. The second kappa shape index (κ2) is 5.21. The summed E-state index contributed by atoms with van der Waals surface area (Å²) in [5.74, 6) is 0. The molecule has 0 spiro atoms. The van der Waals surface area contributed by atoms with Gasteiger partial charge in [0.15, 0.2) is 0 Å². The van der Waals surface area contributed by atoms with Gasteiger partial charge in [0.25, 0.3) is 0 Å². The lowest BCUT2D eigenvalue weighted by atomic mass is 10.1. The summed E-state index contributed by atoms with van der Waals surface area (Å²) in [7, 11) is 1.59. The van der Waals surface area contributed by atoms with Gasteiger partial charge in [-0.3, -0.25) is 4.90 Å². The molecule has 17 heavy (non-hydrogen) atoms. The molecule has 1 saturated carbocycles. The van der Waals surface area contributed by atoms with Gasteiger partial charge >= 0.3 is 0 Å². The molecule has 1 heterocycles. The summed E-state index contributed by atoms with van der Waals surface area (Å²) in [5, 5.41) is 0. The van der Waals surface area contributed by atoms with Crippen molar-refractivity contribution in [3.63, 3.8) is 0 Å². The Labute approximate surface area is 103 Å². The van der Waals surface area contributed by atoms with E-state index < -0.39 is 6.17 Å².